The Kier molecular flexibility index (Phi) is 3.43. The quantitative estimate of drug-likeness (QED) is 0.848. The largest absolute Gasteiger partial charge is 0.384 e. The first-order valence-corrected chi connectivity index (χ1v) is 6.64. The van der Waals surface area contributed by atoms with E-state index in [9.17, 15) is 0 Å². The van der Waals surface area contributed by atoms with Gasteiger partial charge in [-0.3, -0.25) is 4.68 Å². The monoisotopic (exact) mass is 247 g/mol. The van der Waals surface area contributed by atoms with Gasteiger partial charge in [-0.2, -0.15) is 5.10 Å². The summed E-state index contributed by atoms with van der Waals surface area (Å²) in [6, 6.07) is 8.47. The van der Waals surface area contributed by atoms with E-state index in [0.717, 1.165) is 28.4 Å². The van der Waals surface area contributed by atoms with Crippen LogP contribution in [-0.4, -0.2) is 15.5 Å². The minimum absolute atomic E-state index is 0.729. The molecular weight excluding hydrogens is 230 g/mol. The zero-order valence-corrected chi connectivity index (χ0v) is 11.2. The average Bonchev–Trinajstić information content (AvgIpc) is 2.59. The van der Waals surface area contributed by atoms with Crippen molar-refractivity contribution in [3.05, 3.63) is 29.8 Å². The standard InChI is InChI=1S/C13H17N3S/c1-4-17-11-7-5-10(6-8-11)12-9(2)13(14)16(3)15-12/h5-8H,4,14H2,1-3H3. The normalized spacial score (nSPS) is 10.8. The fourth-order valence-corrected chi connectivity index (χ4v) is 2.45. The number of aryl methyl sites for hydroxylation is 1. The van der Waals surface area contributed by atoms with Crippen molar-refractivity contribution in [1.29, 1.82) is 0 Å². The van der Waals surface area contributed by atoms with E-state index in [1.54, 1.807) is 4.68 Å². The average molecular weight is 247 g/mol. The maximum absolute atomic E-state index is 5.91. The molecule has 0 aliphatic carbocycles. The molecule has 90 valence electrons. The van der Waals surface area contributed by atoms with Crippen molar-refractivity contribution in [3.8, 4) is 11.3 Å². The Morgan fingerprint density at radius 2 is 1.94 bits per heavy atom. The highest BCUT2D eigenvalue weighted by Crippen LogP contribution is 2.27. The minimum Gasteiger partial charge on any atom is -0.384 e. The molecule has 1 heterocycles. The van der Waals surface area contributed by atoms with Crippen LogP contribution < -0.4 is 5.73 Å². The van der Waals surface area contributed by atoms with E-state index in [0.29, 0.717) is 0 Å². The number of thioether (sulfide) groups is 1. The molecule has 0 fully saturated rings. The van der Waals surface area contributed by atoms with Gasteiger partial charge in [-0.1, -0.05) is 19.1 Å². The van der Waals surface area contributed by atoms with Crippen LogP contribution >= 0.6 is 11.8 Å². The third kappa shape index (κ3) is 2.31. The molecule has 0 aliphatic rings. The van der Waals surface area contributed by atoms with E-state index >= 15 is 0 Å². The van der Waals surface area contributed by atoms with Crippen molar-refractivity contribution in [2.75, 3.05) is 11.5 Å². The first-order chi connectivity index (χ1) is 8.13. The van der Waals surface area contributed by atoms with Gasteiger partial charge < -0.3 is 5.73 Å². The molecule has 2 N–H and O–H groups in total. The molecule has 1 aromatic carbocycles. The van der Waals surface area contributed by atoms with Crippen molar-refractivity contribution < 1.29 is 0 Å². The molecule has 0 amide bonds. The van der Waals surface area contributed by atoms with Gasteiger partial charge in [-0.25, -0.2) is 0 Å². The maximum atomic E-state index is 5.91. The lowest BCUT2D eigenvalue weighted by Gasteiger charge is -2.01. The highest BCUT2D eigenvalue weighted by molar-refractivity contribution is 7.99. The lowest BCUT2D eigenvalue weighted by molar-refractivity contribution is 0.782. The molecule has 0 spiro atoms. The lowest BCUT2D eigenvalue weighted by atomic mass is 10.1. The van der Waals surface area contributed by atoms with Gasteiger partial charge in [-0.15, -0.1) is 11.8 Å². The van der Waals surface area contributed by atoms with Crippen LogP contribution in [0.15, 0.2) is 29.2 Å². The first-order valence-electron chi connectivity index (χ1n) is 5.65. The van der Waals surface area contributed by atoms with Crippen LogP contribution in [0.2, 0.25) is 0 Å². The molecule has 0 unspecified atom stereocenters. The molecule has 2 rings (SSSR count). The number of aromatic nitrogens is 2. The van der Waals surface area contributed by atoms with Gasteiger partial charge in [0.25, 0.3) is 0 Å². The molecule has 3 nitrogen and oxygen atoms in total. The molecule has 0 radical (unpaired) electrons. The number of anilines is 1. The second-order valence-electron chi connectivity index (χ2n) is 3.94. The summed E-state index contributed by atoms with van der Waals surface area (Å²) in [4.78, 5) is 1.29. The maximum Gasteiger partial charge on any atom is 0.124 e. The topological polar surface area (TPSA) is 43.8 Å². The predicted molar refractivity (Wildman–Crippen MR) is 74.2 cm³/mol. The number of rotatable bonds is 3. The van der Waals surface area contributed by atoms with Crippen molar-refractivity contribution in [1.82, 2.24) is 9.78 Å². The summed E-state index contributed by atoms with van der Waals surface area (Å²) in [6.07, 6.45) is 0. The van der Waals surface area contributed by atoms with Crippen molar-refractivity contribution >= 4 is 17.6 Å². The summed E-state index contributed by atoms with van der Waals surface area (Å²) in [5, 5.41) is 4.44. The van der Waals surface area contributed by atoms with Crippen LogP contribution in [0.4, 0.5) is 5.82 Å². The van der Waals surface area contributed by atoms with Gasteiger partial charge in [0.15, 0.2) is 0 Å². The Morgan fingerprint density at radius 1 is 1.29 bits per heavy atom. The summed E-state index contributed by atoms with van der Waals surface area (Å²) in [5.74, 6) is 1.82. The summed E-state index contributed by atoms with van der Waals surface area (Å²) in [6.45, 7) is 4.16. The summed E-state index contributed by atoms with van der Waals surface area (Å²) >= 11 is 1.84. The zero-order chi connectivity index (χ0) is 12.4. The van der Waals surface area contributed by atoms with Gasteiger partial charge in [0.05, 0.1) is 5.69 Å². The molecule has 0 atom stereocenters. The number of nitrogens with two attached hydrogens (primary N) is 1. The SMILES string of the molecule is CCSc1ccc(-c2nn(C)c(N)c2C)cc1. The second-order valence-corrected chi connectivity index (χ2v) is 5.28. The second kappa shape index (κ2) is 4.84. The third-order valence-corrected chi connectivity index (χ3v) is 3.67. The van der Waals surface area contributed by atoms with Gasteiger partial charge in [0, 0.05) is 23.1 Å². The molecule has 0 saturated carbocycles. The fourth-order valence-electron chi connectivity index (χ4n) is 1.79. The van der Waals surface area contributed by atoms with Crippen LogP contribution in [0.3, 0.4) is 0 Å². The number of nitrogen functional groups attached to an aromatic ring is 1. The van der Waals surface area contributed by atoms with Crippen LogP contribution in [0, 0.1) is 6.92 Å². The molecule has 17 heavy (non-hydrogen) atoms. The fraction of sp³-hybridized carbons (Fsp3) is 0.308. The van der Waals surface area contributed by atoms with E-state index in [-0.39, 0.29) is 0 Å². The number of nitrogens with zero attached hydrogens (tertiary/aromatic N) is 2. The van der Waals surface area contributed by atoms with Crippen LogP contribution in [0.25, 0.3) is 11.3 Å². The van der Waals surface area contributed by atoms with E-state index in [4.69, 9.17) is 5.73 Å². The highest BCUT2D eigenvalue weighted by Gasteiger charge is 2.10. The van der Waals surface area contributed by atoms with Crippen molar-refractivity contribution in [2.45, 2.75) is 18.7 Å². The molecule has 4 heteroatoms. The van der Waals surface area contributed by atoms with E-state index in [1.807, 2.05) is 25.7 Å². The Bertz CT molecular complexity index is 514. The van der Waals surface area contributed by atoms with Gasteiger partial charge in [0.1, 0.15) is 5.82 Å². The molecule has 0 bridgehead atoms. The van der Waals surface area contributed by atoms with Gasteiger partial charge in [-0.05, 0) is 24.8 Å². The lowest BCUT2D eigenvalue weighted by Crippen LogP contribution is -1.97. The highest BCUT2D eigenvalue weighted by atomic mass is 32.2. The van der Waals surface area contributed by atoms with Gasteiger partial charge in [0.2, 0.25) is 0 Å². The molecule has 1 aromatic heterocycles. The predicted octanol–water partition coefficient (Wildman–Crippen LogP) is 3.09. The van der Waals surface area contributed by atoms with Crippen LogP contribution in [0.5, 0.6) is 0 Å². The van der Waals surface area contributed by atoms with Crippen LogP contribution in [0.1, 0.15) is 12.5 Å². The van der Waals surface area contributed by atoms with Crippen molar-refractivity contribution in [3.63, 3.8) is 0 Å². The smallest absolute Gasteiger partial charge is 0.124 e. The molecular formula is C13H17N3S. The molecule has 2 aromatic rings. The third-order valence-electron chi connectivity index (χ3n) is 2.78. The summed E-state index contributed by atoms with van der Waals surface area (Å²) < 4.78 is 1.72. The number of benzene rings is 1. The zero-order valence-electron chi connectivity index (χ0n) is 10.4. The van der Waals surface area contributed by atoms with E-state index in [1.165, 1.54) is 4.90 Å². The first kappa shape index (κ1) is 12.0. The molecule has 0 saturated heterocycles. The van der Waals surface area contributed by atoms with Crippen LogP contribution in [-0.2, 0) is 7.05 Å². The van der Waals surface area contributed by atoms with E-state index in [2.05, 4.69) is 36.3 Å². The molecule has 0 aliphatic heterocycles. The van der Waals surface area contributed by atoms with Gasteiger partial charge >= 0.3 is 0 Å². The Morgan fingerprint density at radius 3 is 2.41 bits per heavy atom. The minimum atomic E-state index is 0.729. The Labute approximate surface area is 106 Å². The van der Waals surface area contributed by atoms with E-state index < -0.39 is 0 Å². The Hall–Kier alpha value is -1.42. The number of hydrogen-bond acceptors (Lipinski definition) is 3. The van der Waals surface area contributed by atoms with Crippen molar-refractivity contribution in [2.24, 2.45) is 7.05 Å². The Balaban J connectivity index is 2.36. The summed E-state index contributed by atoms with van der Waals surface area (Å²) in [7, 11) is 1.87. The number of hydrogen-bond donors (Lipinski definition) is 1. The summed E-state index contributed by atoms with van der Waals surface area (Å²) in [5.41, 5.74) is 9.05.